The molecule has 1 heterocycles. The largest absolute Gasteiger partial charge is 0.389 e. The molecule has 1 aromatic heterocycles. The van der Waals surface area contributed by atoms with Gasteiger partial charge in [0, 0.05) is 18.1 Å². The van der Waals surface area contributed by atoms with E-state index in [4.69, 9.17) is 0 Å². The van der Waals surface area contributed by atoms with Crippen molar-refractivity contribution in [2.75, 3.05) is 0 Å². The molecule has 1 aromatic carbocycles. The SMILES string of the molecule is Cc1nccn1-c1ccc(C(C)NC(=O)CC2(O)CCCCC2)cc1. The maximum atomic E-state index is 12.3. The number of aryl methyl sites for hydroxylation is 1. The van der Waals surface area contributed by atoms with Gasteiger partial charge in [-0.25, -0.2) is 4.98 Å². The molecule has 1 saturated carbocycles. The number of aromatic nitrogens is 2. The molecule has 1 aliphatic carbocycles. The minimum absolute atomic E-state index is 0.0774. The summed E-state index contributed by atoms with van der Waals surface area (Å²) in [7, 11) is 0. The molecule has 1 atom stereocenters. The fourth-order valence-corrected chi connectivity index (χ4v) is 3.64. The van der Waals surface area contributed by atoms with Crippen LogP contribution in [0.1, 0.15) is 62.9 Å². The van der Waals surface area contributed by atoms with Crippen LogP contribution in [0.4, 0.5) is 0 Å². The summed E-state index contributed by atoms with van der Waals surface area (Å²) in [4.78, 5) is 16.5. The van der Waals surface area contributed by atoms with Crippen LogP contribution in [-0.4, -0.2) is 26.2 Å². The standard InChI is InChI=1S/C20H27N3O2/c1-15(22-19(24)14-20(25)10-4-3-5-11-20)17-6-8-18(9-7-17)23-13-12-21-16(23)2/h6-9,12-13,15,25H,3-5,10-11,14H2,1-2H3,(H,22,24). The molecule has 1 fully saturated rings. The predicted molar refractivity (Wildman–Crippen MR) is 97.5 cm³/mol. The average molecular weight is 341 g/mol. The monoisotopic (exact) mass is 341 g/mol. The van der Waals surface area contributed by atoms with Crippen molar-refractivity contribution in [1.29, 1.82) is 0 Å². The molecule has 1 aliphatic rings. The Morgan fingerprint density at radius 3 is 2.56 bits per heavy atom. The Morgan fingerprint density at radius 1 is 1.28 bits per heavy atom. The summed E-state index contributed by atoms with van der Waals surface area (Å²) in [6, 6.07) is 8.02. The quantitative estimate of drug-likeness (QED) is 0.875. The Morgan fingerprint density at radius 2 is 1.96 bits per heavy atom. The normalized spacial score (nSPS) is 17.9. The van der Waals surface area contributed by atoms with Gasteiger partial charge in [0.05, 0.1) is 18.1 Å². The highest BCUT2D eigenvalue weighted by Crippen LogP contribution is 2.31. The number of aliphatic hydroxyl groups is 1. The fourth-order valence-electron chi connectivity index (χ4n) is 3.64. The number of nitrogens with one attached hydrogen (secondary N) is 1. The minimum Gasteiger partial charge on any atom is -0.389 e. The summed E-state index contributed by atoms with van der Waals surface area (Å²) in [6.07, 6.45) is 8.54. The fraction of sp³-hybridized carbons (Fsp3) is 0.500. The van der Waals surface area contributed by atoms with Crippen molar-refractivity contribution in [1.82, 2.24) is 14.9 Å². The lowest BCUT2D eigenvalue weighted by Gasteiger charge is -2.31. The van der Waals surface area contributed by atoms with Crippen molar-refractivity contribution in [3.63, 3.8) is 0 Å². The molecule has 2 aromatic rings. The number of hydrogen-bond donors (Lipinski definition) is 2. The van der Waals surface area contributed by atoms with Crippen molar-refractivity contribution < 1.29 is 9.90 Å². The predicted octanol–water partition coefficient (Wildman–Crippen LogP) is 3.44. The van der Waals surface area contributed by atoms with Crippen LogP contribution < -0.4 is 5.32 Å². The smallest absolute Gasteiger partial charge is 0.223 e. The van der Waals surface area contributed by atoms with Gasteiger partial charge in [0.2, 0.25) is 5.91 Å². The van der Waals surface area contributed by atoms with Crippen molar-refractivity contribution in [3.8, 4) is 5.69 Å². The van der Waals surface area contributed by atoms with E-state index in [1.807, 2.05) is 48.9 Å². The van der Waals surface area contributed by atoms with Crippen LogP contribution in [0.3, 0.4) is 0 Å². The summed E-state index contributed by atoms with van der Waals surface area (Å²) < 4.78 is 2.02. The molecule has 1 unspecified atom stereocenters. The van der Waals surface area contributed by atoms with Crippen LogP contribution in [0.5, 0.6) is 0 Å². The lowest BCUT2D eigenvalue weighted by Crippen LogP contribution is -2.39. The van der Waals surface area contributed by atoms with Gasteiger partial charge in [-0.1, -0.05) is 31.4 Å². The van der Waals surface area contributed by atoms with E-state index < -0.39 is 5.60 Å². The summed E-state index contributed by atoms with van der Waals surface area (Å²) in [5, 5.41) is 13.5. The van der Waals surface area contributed by atoms with Gasteiger partial charge in [-0.15, -0.1) is 0 Å². The van der Waals surface area contributed by atoms with E-state index in [0.717, 1.165) is 49.2 Å². The van der Waals surface area contributed by atoms with Crippen LogP contribution in [0.15, 0.2) is 36.7 Å². The summed E-state index contributed by atoms with van der Waals surface area (Å²) in [5.74, 6) is 0.862. The van der Waals surface area contributed by atoms with Gasteiger partial charge in [-0.05, 0) is 44.4 Å². The number of benzene rings is 1. The van der Waals surface area contributed by atoms with Gasteiger partial charge in [0.1, 0.15) is 5.82 Å². The second-order valence-electron chi connectivity index (χ2n) is 7.19. The molecule has 0 bridgehead atoms. The Bertz CT molecular complexity index is 715. The highest BCUT2D eigenvalue weighted by molar-refractivity contribution is 5.77. The zero-order chi connectivity index (χ0) is 17.9. The zero-order valence-corrected chi connectivity index (χ0v) is 15.0. The van der Waals surface area contributed by atoms with Gasteiger partial charge in [-0.2, -0.15) is 0 Å². The third-order valence-electron chi connectivity index (χ3n) is 5.15. The number of imidazole rings is 1. The van der Waals surface area contributed by atoms with Crippen molar-refractivity contribution in [3.05, 3.63) is 48.0 Å². The second kappa shape index (κ2) is 7.40. The Kier molecular flexibility index (Phi) is 5.23. The Labute approximate surface area is 149 Å². The van der Waals surface area contributed by atoms with E-state index in [2.05, 4.69) is 10.3 Å². The third-order valence-corrected chi connectivity index (χ3v) is 5.15. The van der Waals surface area contributed by atoms with Crippen LogP contribution in [0.25, 0.3) is 5.69 Å². The summed E-state index contributed by atoms with van der Waals surface area (Å²) in [6.45, 7) is 3.94. The number of carbonyl (C=O) groups is 1. The maximum absolute atomic E-state index is 12.3. The van der Waals surface area contributed by atoms with E-state index in [1.54, 1.807) is 6.20 Å². The van der Waals surface area contributed by atoms with E-state index in [9.17, 15) is 9.90 Å². The van der Waals surface area contributed by atoms with Gasteiger partial charge in [-0.3, -0.25) is 4.79 Å². The highest BCUT2D eigenvalue weighted by Gasteiger charge is 2.32. The van der Waals surface area contributed by atoms with Gasteiger partial charge in [0.15, 0.2) is 0 Å². The number of nitrogens with zero attached hydrogens (tertiary/aromatic N) is 2. The van der Waals surface area contributed by atoms with Crippen molar-refractivity contribution >= 4 is 5.91 Å². The number of rotatable bonds is 5. The molecule has 5 nitrogen and oxygen atoms in total. The molecular formula is C20H27N3O2. The van der Waals surface area contributed by atoms with Gasteiger partial charge >= 0.3 is 0 Å². The lowest BCUT2D eigenvalue weighted by atomic mass is 9.82. The van der Waals surface area contributed by atoms with E-state index >= 15 is 0 Å². The topological polar surface area (TPSA) is 67.2 Å². The molecule has 25 heavy (non-hydrogen) atoms. The van der Waals surface area contributed by atoms with E-state index in [0.29, 0.717) is 0 Å². The van der Waals surface area contributed by atoms with Crippen LogP contribution >= 0.6 is 0 Å². The first-order chi connectivity index (χ1) is 12.0. The van der Waals surface area contributed by atoms with E-state index in [1.165, 1.54) is 0 Å². The van der Waals surface area contributed by atoms with Gasteiger partial charge in [0.25, 0.3) is 0 Å². The molecule has 0 spiro atoms. The molecule has 2 N–H and O–H groups in total. The Hall–Kier alpha value is -2.14. The minimum atomic E-state index is -0.815. The van der Waals surface area contributed by atoms with Crippen LogP contribution in [0.2, 0.25) is 0 Å². The first kappa shape index (κ1) is 17.7. The first-order valence-electron chi connectivity index (χ1n) is 9.09. The van der Waals surface area contributed by atoms with Crippen molar-refractivity contribution in [2.24, 2.45) is 0 Å². The lowest BCUT2D eigenvalue weighted by molar-refractivity contribution is -0.128. The molecule has 0 aliphatic heterocycles. The number of amides is 1. The third kappa shape index (κ3) is 4.28. The maximum Gasteiger partial charge on any atom is 0.223 e. The average Bonchev–Trinajstić information content (AvgIpc) is 3.01. The summed E-state index contributed by atoms with van der Waals surface area (Å²) in [5.41, 5.74) is 1.28. The molecule has 3 rings (SSSR count). The molecule has 0 saturated heterocycles. The van der Waals surface area contributed by atoms with Crippen LogP contribution in [-0.2, 0) is 4.79 Å². The zero-order valence-electron chi connectivity index (χ0n) is 15.0. The van der Waals surface area contributed by atoms with Gasteiger partial charge < -0.3 is 15.0 Å². The Balaban J connectivity index is 1.60. The molecule has 1 amide bonds. The number of hydrogen-bond acceptors (Lipinski definition) is 3. The molecule has 5 heteroatoms. The van der Waals surface area contributed by atoms with Crippen molar-refractivity contribution in [2.45, 2.75) is 64.0 Å². The number of carbonyl (C=O) groups excluding carboxylic acids is 1. The second-order valence-corrected chi connectivity index (χ2v) is 7.19. The highest BCUT2D eigenvalue weighted by atomic mass is 16.3. The molecule has 0 radical (unpaired) electrons. The first-order valence-corrected chi connectivity index (χ1v) is 9.09. The van der Waals surface area contributed by atoms with Crippen LogP contribution in [0, 0.1) is 6.92 Å². The molecule has 134 valence electrons. The molecular weight excluding hydrogens is 314 g/mol. The summed E-state index contributed by atoms with van der Waals surface area (Å²) >= 11 is 0. The van der Waals surface area contributed by atoms with E-state index in [-0.39, 0.29) is 18.4 Å².